The minimum absolute atomic E-state index is 0.496. The van der Waals surface area contributed by atoms with Gasteiger partial charge in [0.1, 0.15) is 0 Å². The number of rotatable bonds is 4. The van der Waals surface area contributed by atoms with Gasteiger partial charge in [0, 0.05) is 53.4 Å². The summed E-state index contributed by atoms with van der Waals surface area (Å²) < 4.78 is 28.3. The van der Waals surface area contributed by atoms with Crippen molar-refractivity contribution in [1.82, 2.24) is 18.8 Å². The van der Waals surface area contributed by atoms with Gasteiger partial charge in [0.05, 0.1) is 0 Å². The molecule has 0 aliphatic carbocycles. The standard InChI is InChI=1S/C14H24N6O2S/c1-17(2)13-5-6-14(16-15-13)18-9-11-20(12-10-18)23(21,22)19-7-3-4-8-19/h5-6H,3-4,7-12H2,1-2H3. The average molecular weight is 340 g/mol. The third kappa shape index (κ3) is 3.41. The van der Waals surface area contributed by atoms with E-state index in [-0.39, 0.29) is 0 Å². The Bertz CT molecular complexity index is 619. The zero-order valence-corrected chi connectivity index (χ0v) is 14.5. The maximum atomic E-state index is 12.6. The normalized spacial score (nSPS) is 20.9. The van der Waals surface area contributed by atoms with Crippen molar-refractivity contribution < 1.29 is 8.42 Å². The van der Waals surface area contributed by atoms with Crippen molar-refractivity contribution in [1.29, 1.82) is 0 Å². The molecule has 8 nitrogen and oxygen atoms in total. The molecule has 9 heteroatoms. The first-order valence-electron chi connectivity index (χ1n) is 8.00. The lowest BCUT2D eigenvalue weighted by Crippen LogP contribution is -2.52. The molecule has 2 aliphatic rings. The lowest BCUT2D eigenvalue weighted by atomic mass is 10.3. The zero-order chi connectivity index (χ0) is 16.4. The predicted molar refractivity (Wildman–Crippen MR) is 89.9 cm³/mol. The van der Waals surface area contributed by atoms with Crippen LogP contribution in [0.5, 0.6) is 0 Å². The molecule has 23 heavy (non-hydrogen) atoms. The molecule has 1 aromatic heterocycles. The molecule has 0 saturated carbocycles. The van der Waals surface area contributed by atoms with E-state index in [2.05, 4.69) is 15.1 Å². The highest BCUT2D eigenvalue weighted by atomic mass is 32.2. The molecule has 128 valence electrons. The molecule has 3 rings (SSSR count). The molecule has 3 heterocycles. The van der Waals surface area contributed by atoms with Crippen molar-refractivity contribution in [3.8, 4) is 0 Å². The van der Waals surface area contributed by atoms with Crippen LogP contribution in [-0.2, 0) is 10.2 Å². The molecule has 0 radical (unpaired) electrons. The summed E-state index contributed by atoms with van der Waals surface area (Å²) >= 11 is 0. The van der Waals surface area contributed by atoms with Crippen LogP contribution in [0.15, 0.2) is 12.1 Å². The maximum absolute atomic E-state index is 12.6. The fraction of sp³-hybridized carbons (Fsp3) is 0.714. The highest BCUT2D eigenvalue weighted by Gasteiger charge is 2.33. The first-order valence-corrected chi connectivity index (χ1v) is 9.39. The van der Waals surface area contributed by atoms with Crippen molar-refractivity contribution in [3.05, 3.63) is 12.1 Å². The van der Waals surface area contributed by atoms with Crippen LogP contribution in [0.1, 0.15) is 12.8 Å². The average Bonchev–Trinajstić information content (AvgIpc) is 3.10. The van der Waals surface area contributed by atoms with Gasteiger partial charge in [-0.2, -0.15) is 17.0 Å². The number of hydrogen-bond acceptors (Lipinski definition) is 6. The second kappa shape index (κ2) is 6.58. The highest BCUT2D eigenvalue weighted by molar-refractivity contribution is 7.86. The predicted octanol–water partition coefficient (Wildman–Crippen LogP) is 0.00520. The first kappa shape index (κ1) is 16.4. The van der Waals surface area contributed by atoms with Crippen molar-refractivity contribution in [2.75, 3.05) is 63.2 Å². The summed E-state index contributed by atoms with van der Waals surface area (Å²) in [7, 11) is 0.557. The molecule has 0 aromatic carbocycles. The molecule has 2 fully saturated rings. The summed E-state index contributed by atoms with van der Waals surface area (Å²) in [6, 6.07) is 3.86. The third-order valence-corrected chi connectivity index (χ3v) is 6.41. The highest BCUT2D eigenvalue weighted by Crippen LogP contribution is 2.20. The van der Waals surface area contributed by atoms with Crippen LogP contribution in [0.4, 0.5) is 11.6 Å². The Hall–Kier alpha value is -1.45. The van der Waals surface area contributed by atoms with Gasteiger partial charge in [-0.05, 0) is 25.0 Å². The molecule has 0 spiro atoms. The fourth-order valence-corrected chi connectivity index (χ4v) is 4.63. The van der Waals surface area contributed by atoms with Gasteiger partial charge < -0.3 is 9.80 Å². The van der Waals surface area contributed by atoms with Crippen LogP contribution in [-0.4, -0.2) is 80.6 Å². The van der Waals surface area contributed by atoms with E-state index in [0.717, 1.165) is 24.5 Å². The number of piperazine rings is 1. The van der Waals surface area contributed by atoms with Gasteiger partial charge in [-0.25, -0.2) is 0 Å². The molecular formula is C14H24N6O2S. The van der Waals surface area contributed by atoms with Gasteiger partial charge in [0.2, 0.25) is 0 Å². The van der Waals surface area contributed by atoms with Crippen molar-refractivity contribution >= 4 is 21.8 Å². The molecule has 0 atom stereocenters. The first-order chi connectivity index (χ1) is 11.0. The third-order valence-electron chi connectivity index (χ3n) is 4.37. The van der Waals surface area contributed by atoms with E-state index in [1.54, 1.807) is 8.61 Å². The molecule has 0 amide bonds. The van der Waals surface area contributed by atoms with Crippen LogP contribution in [0, 0.1) is 0 Å². The van der Waals surface area contributed by atoms with Gasteiger partial charge in [-0.1, -0.05) is 0 Å². The van der Waals surface area contributed by atoms with Gasteiger partial charge in [0.15, 0.2) is 11.6 Å². The van der Waals surface area contributed by atoms with Crippen LogP contribution < -0.4 is 9.80 Å². The van der Waals surface area contributed by atoms with E-state index in [0.29, 0.717) is 39.3 Å². The quantitative estimate of drug-likeness (QED) is 0.769. The van der Waals surface area contributed by atoms with E-state index in [1.165, 1.54) is 0 Å². The zero-order valence-electron chi connectivity index (χ0n) is 13.7. The summed E-state index contributed by atoms with van der Waals surface area (Å²) in [5.41, 5.74) is 0. The summed E-state index contributed by atoms with van der Waals surface area (Å²) in [6.07, 6.45) is 1.93. The fourth-order valence-electron chi connectivity index (χ4n) is 2.96. The van der Waals surface area contributed by atoms with E-state index in [4.69, 9.17) is 0 Å². The topological polar surface area (TPSA) is 72.9 Å². The number of aromatic nitrogens is 2. The molecule has 0 N–H and O–H groups in total. The van der Waals surface area contributed by atoms with Crippen LogP contribution in [0.25, 0.3) is 0 Å². The van der Waals surface area contributed by atoms with Crippen molar-refractivity contribution in [2.45, 2.75) is 12.8 Å². The lowest BCUT2D eigenvalue weighted by Gasteiger charge is -2.36. The Balaban J connectivity index is 1.61. The largest absolute Gasteiger partial charge is 0.361 e. The number of nitrogens with zero attached hydrogens (tertiary/aromatic N) is 6. The molecule has 1 aromatic rings. The van der Waals surface area contributed by atoms with Gasteiger partial charge in [0.25, 0.3) is 10.2 Å². The van der Waals surface area contributed by atoms with Crippen LogP contribution in [0.2, 0.25) is 0 Å². The Morgan fingerprint density at radius 2 is 1.52 bits per heavy atom. The molecular weight excluding hydrogens is 316 g/mol. The number of hydrogen-bond donors (Lipinski definition) is 0. The van der Waals surface area contributed by atoms with Crippen molar-refractivity contribution in [2.24, 2.45) is 0 Å². The second-order valence-corrected chi connectivity index (χ2v) is 8.07. The van der Waals surface area contributed by atoms with Crippen molar-refractivity contribution in [3.63, 3.8) is 0 Å². The molecule has 2 aliphatic heterocycles. The molecule has 0 unspecified atom stereocenters. The van der Waals surface area contributed by atoms with E-state index in [9.17, 15) is 8.42 Å². The van der Waals surface area contributed by atoms with Gasteiger partial charge in [-0.15, -0.1) is 10.2 Å². The summed E-state index contributed by atoms with van der Waals surface area (Å²) in [6.45, 7) is 3.58. The van der Waals surface area contributed by atoms with Gasteiger partial charge in [-0.3, -0.25) is 0 Å². The van der Waals surface area contributed by atoms with E-state index >= 15 is 0 Å². The minimum atomic E-state index is -3.29. The van der Waals surface area contributed by atoms with Gasteiger partial charge >= 0.3 is 0 Å². The lowest BCUT2D eigenvalue weighted by molar-refractivity contribution is 0.343. The van der Waals surface area contributed by atoms with E-state index in [1.807, 2.05) is 31.1 Å². The van der Waals surface area contributed by atoms with Crippen LogP contribution in [0.3, 0.4) is 0 Å². The summed E-state index contributed by atoms with van der Waals surface area (Å²) in [5.74, 6) is 1.61. The minimum Gasteiger partial charge on any atom is -0.361 e. The molecule has 0 bridgehead atoms. The number of anilines is 2. The monoisotopic (exact) mass is 340 g/mol. The SMILES string of the molecule is CN(C)c1ccc(N2CCN(S(=O)(=O)N3CCCC3)CC2)nn1. The summed E-state index contributed by atoms with van der Waals surface area (Å²) in [5, 5.41) is 8.42. The Kier molecular flexibility index (Phi) is 4.69. The smallest absolute Gasteiger partial charge is 0.282 e. The maximum Gasteiger partial charge on any atom is 0.282 e. The Morgan fingerprint density at radius 1 is 0.913 bits per heavy atom. The Labute approximate surface area is 137 Å². The van der Waals surface area contributed by atoms with E-state index < -0.39 is 10.2 Å². The summed E-state index contributed by atoms with van der Waals surface area (Å²) in [4.78, 5) is 3.99. The Morgan fingerprint density at radius 3 is 2.04 bits per heavy atom. The molecule has 2 saturated heterocycles. The van der Waals surface area contributed by atoms with Crippen LogP contribution >= 0.6 is 0 Å². The second-order valence-electron chi connectivity index (χ2n) is 6.14.